The second-order valence-electron chi connectivity index (χ2n) is 7.73. The van der Waals surface area contributed by atoms with Crippen LogP contribution in [0.5, 0.6) is 0 Å². The minimum Gasteiger partial charge on any atom is -0.318 e. The Labute approximate surface area is 142 Å². The van der Waals surface area contributed by atoms with Crippen molar-refractivity contribution >= 4 is 11.0 Å². The highest BCUT2D eigenvalue weighted by molar-refractivity contribution is 5.74. The smallest absolute Gasteiger partial charge is 0.269 e. The van der Waals surface area contributed by atoms with Crippen LogP contribution in [0.25, 0.3) is 11.0 Å². The summed E-state index contributed by atoms with van der Waals surface area (Å²) in [6, 6.07) is 4.42. The van der Waals surface area contributed by atoms with Crippen LogP contribution < -0.4 is 5.56 Å². The van der Waals surface area contributed by atoms with Crippen LogP contribution in [0.1, 0.15) is 33.6 Å². The third kappa shape index (κ3) is 3.09. The normalized spacial score (nSPS) is 18.0. The maximum Gasteiger partial charge on any atom is 0.269 e. The number of quaternary nitrogens is 1. The number of fused-ring (bicyclic) bond motifs is 1. The zero-order valence-electron chi connectivity index (χ0n) is 14.8. The van der Waals surface area contributed by atoms with Crippen LogP contribution in [0.15, 0.2) is 29.2 Å². The van der Waals surface area contributed by atoms with E-state index >= 15 is 0 Å². The van der Waals surface area contributed by atoms with Gasteiger partial charge in [-0.3, -0.25) is 9.36 Å². The largest absolute Gasteiger partial charge is 0.318 e. The fourth-order valence-corrected chi connectivity index (χ4v) is 3.82. The molecule has 0 unspecified atom stereocenters. The number of halogens is 1. The van der Waals surface area contributed by atoms with Gasteiger partial charge in [-0.1, -0.05) is 0 Å². The highest BCUT2D eigenvalue weighted by atomic mass is 19.1. The lowest BCUT2D eigenvalue weighted by atomic mass is 9.95. The van der Waals surface area contributed by atoms with Crippen molar-refractivity contribution in [1.82, 2.24) is 9.55 Å². The molecule has 1 fully saturated rings. The quantitative estimate of drug-likeness (QED) is 0.810. The maximum absolute atomic E-state index is 13.7. The monoisotopic (exact) mass is 331 g/mol. The van der Waals surface area contributed by atoms with E-state index in [1.54, 1.807) is 10.6 Å². The predicted octanol–water partition coefficient (Wildman–Crippen LogP) is 3.15. The average Bonchev–Trinajstić information content (AvgIpc) is 2.54. The van der Waals surface area contributed by atoms with E-state index < -0.39 is 0 Å². The Morgan fingerprint density at radius 3 is 2.62 bits per heavy atom. The molecule has 1 aliphatic heterocycles. The fourth-order valence-electron chi connectivity index (χ4n) is 3.82. The molecule has 5 heteroatoms. The molecule has 1 radical (unpaired) electrons. The van der Waals surface area contributed by atoms with E-state index in [0.717, 1.165) is 37.0 Å². The van der Waals surface area contributed by atoms with Crippen LogP contribution in [0.2, 0.25) is 0 Å². The molecular formula is C19H26FN3O+. The first-order chi connectivity index (χ1) is 11.3. The van der Waals surface area contributed by atoms with Crippen LogP contribution in [-0.4, -0.2) is 39.2 Å². The molecule has 4 nitrogen and oxygen atoms in total. The molecule has 3 rings (SSSR count). The zero-order chi connectivity index (χ0) is 17.4. The molecule has 2 heterocycles. The van der Waals surface area contributed by atoms with E-state index in [4.69, 9.17) is 0 Å². The predicted molar refractivity (Wildman–Crippen MR) is 94.1 cm³/mol. The molecule has 0 spiro atoms. The summed E-state index contributed by atoms with van der Waals surface area (Å²) in [5.41, 5.74) is 1.19. The molecule has 0 N–H and O–H groups in total. The lowest BCUT2D eigenvalue weighted by Crippen LogP contribution is -2.63. The van der Waals surface area contributed by atoms with Gasteiger partial charge < -0.3 is 4.48 Å². The van der Waals surface area contributed by atoms with Gasteiger partial charge in [0.25, 0.3) is 5.56 Å². The second-order valence-corrected chi connectivity index (χ2v) is 7.73. The summed E-state index contributed by atoms with van der Waals surface area (Å²) >= 11 is 0. The molecule has 1 aromatic carbocycles. The lowest BCUT2D eigenvalue weighted by molar-refractivity contribution is -0.973. The van der Waals surface area contributed by atoms with E-state index in [1.807, 2.05) is 0 Å². The molecule has 0 saturated carbocycles. The van der Waals surface area contributed by atoms with Gasteiger partial charge in [-0.05, 0) is 58.2 Å². The fraction of sp³-hybridized carbons (Fsp3) is 0.526. The molecule has 24 heavy (non-hydrogen) atoms. The Balaban J connectivity index is 1.96. The average molecular weight is 331 g/mol. The summed E-state index contributed by atoms with van der Waals surface area (Å²) in [6.45, 7) is 10.4. The van der Waals surface area contributed by atoms with Gasteiger partial charge >= 0.3 is 0 Å². The molecule has 1 saturated heterocycles. The number of benzene rings is 1. The summed E-state index contributed by atoms with van der Waals surface area (Å²) in [7, 11) is 0. The maximum atomic E-state index is 13.7. The number of likely N-dealkylation sites (tertiary alicyclic amines) is 1. The third-order valence-corrected chi connectivity index (χ3v) is 5.51. The topological polar surface area (TPSA) is 34.9 Å². The highest BCUT2D eigenvalue weighted by Crippen LogP contribution is 2.30. The first kappa shape index (κ1) is 17.1. The van der Waals surface area contributed by atoms with Gasteiger partial charge in [-0.25, -0.2) is 9.37 Å². The molecule has 129 valence electrons. The first-order valence-electron chi connectivity index (χ1n) is 8.65. The third-order valence-electron chi connectivity index (χ3n) is 5.51. The second kappa shape index (κ2) is 6.28. The van der Waals surface area contributed by atoms with Gasteiger partial charge in [-0.15, -0.1) is 0 Å². The van der Waals surface area contributed by atoms with Crippen LogP contribution in [-0.2, 0) is 6.54 Å². The van der Waals surface area contributed by atoms with E-state index in [2.05, 4.69) is 32.2 Å². The van der Waals surface area contributed by atoms with Gasteiger partial charge in [-0.2, -0.15) is 0 Å². The van der Waals surface area contributed by atoms with Crippen molar-refractivity contribution in [3.8, 4) is 0 Å². The van der Waals surface area contributed by atoms with Crippen molar-refractivity contribution in [1.29, 1.82) is 0 Å². The Morgan fingerprint density at radius 1 is 1.25 bits per heavy atom. The highest BCUT2D eigenvalue weighted by Gasteiger charge is 2.40. The van der Waals surface area contributed by atoms with Gasteiger partial charge in [0.15, 0.2) is 0 Å². The number of aromatic nitrogens is 2. The molecule has 0 aliphatic carbocycles. The number of hydrogen-bond donors (Lipinski definition) is 0. The Morgan fingerprint density at radius 2 is 1.96 bits per heavy atom. The Bertz CT molecular complexity index is 785. The summed E-state index contributed by atoms with van der Waals surface area (Å²) in [4.78, 5) is 16.5. The summed E-state index contributed by atoms with van der Waals surface area (Å²) in [6.07, 6.45) is 5.91. The van der Waals surface area contributed by atoms with E-state index in [1.165, 1.54) is 18.3 Å². The van der Waals surface area contributed by atoms with Crippen molar-refractivity contribution in [2.24, 2.45) is 0 Å². The van der Waals surface area contributed by atoms with Crippen LogP contribution in [0.4, 0.5) is 4.39 Å². The molecule has 0 amide bonds. The first-order valence-corrected chi connectivity index (χ1v) is 8.65. The Kier molecular flexibility index (Phi) is 4.47. The van der Waals surface area contributed by atoms with Gasteiger partial charge in [0.2, 0.25) is 0 Å². The van der Waals surface area contributed by atoms with Crippen molar-refractivity contribution in [2.45, 2.75) is 45.7 Å². The minimum atomic E-state index is -0.337. The van der Waals surface area contributed by atoms with Gasteiger partial charge in [0.05, 0.1) is 48.9 Å². The van der Waals surface area contributed by atoms with Crippen LogP contribution >= 0.6 is 0 Å². The summed E-state index contributed by atoms with van der Waals surface area (Å²) < 4.78 is 16.3. The van der Waals surface area contributed by atoms with Crippen molar-refractivity contribution in [2.75, 3.05) is 19.6 Å². The van der Waals surface area contributed by atoms with E-state index in [9.17, 15) is 9.18 Å². The number of nitrogens with zero attached hydrogens (tertiary/aromatic N) is 3. The Hall–Kier alpha value is -1.75. The van der Waals surface area contributed by atoms with Gasteiger partial charge in [0.1, 0.15) is 5.82 Å². The number of hydrogen-bond acceptors (Lipinski definition) is 2. The van der Waals surface area contributed by atoms with E-state index in [-0.39, 0.29) is 16.9 Å². The molecule has 2 aromatic rings. The van der Waals surface area contributed by atoms with Gasteiger partial charge in [0, 0.05) is 0 Å². The van der Waals surface area contributed by atoms with E-state index in [0.29, 0.717) is 17.6 Å². The zero-order valence-corrected chi connectivity index (χ0v) is 14.8. The number of rotatable bonds is 3. The molecule has 1 aliphatic rings. The summed E-state index contributed by atoms with van der Waals surface area (Å²) in [5, 5.41) is 0. The van der Waals surface area contributed by atoms with Crippen LogP contribution in [0.3, 0.4) is 0 Å². The van der Waals surface area contributed by atoms with Crippen LogP contribution in [0, 0.1) is 12.2 Å². The summed E-state index contributed by atoms with van der Waals surface area (Å²) in [5.74, 6) is -0.337. The standard InChI is InChI=1S/C19H26FN3O/c1-19(2,3)23(10-5-4-6-11-23)12-9-22-17-13-15(20)7-8-16(17)21-14-18(22)24/h4,7-8,13-14H,5-6,9-12H2,1-3H3/q+1. The van der Waals surface area contributed by atoms with Crippen molar-refractivity contribution in [3.05, 3.63) is 47.0 Å². The molecular weight excluding hydrogens is 305 g/mol. The van der Waals surface area contributed by atoms with Crippen molar-refractivity contribution < 1.29 is 8.87 Å². The minimum absolute atomic E-state index is 0.117. The lowest BCUT2D eigenvalue weighted by Gasteiger charge is -2.51. The number of piperidine rings is 1. The molecule has 0 atom stereocenters. The molecule has 0 bridgehead atoms. The van der Waals surface area contributed by atoms with Crippen molar-refractivity contribution in [3.63, 3.8) is 0 Å². The SMILES string of the molecule is CC(C)(C)[N+]1(CCn2c(=O)cnc3ccc(F)cc32)CC[CH]CC1. The molecule has 1 aromatic heterocycles.